The highest BCUT2D eigenvalue weighted by Gasteiger charge is 2.16. The Labute approximate surface area is 162 Å². The van der Waals surface area contributed by atoms with Crippen molar-refractivity contribution in [2.24, 2.45) is 5.14 Å². The Bertz CT molecular complexity index is 918. The summed E-state index contributed by atoms with van der Waals surface area (Å²) in [4.78, 5) is 25.7. The summed E-state index contributed by atoms with van der Waals surface area (Å²) in [6.07, 6.45) is 2.75. The van der Waals surface area contributed by atoms with E-state index in [0.717, 1.165) is 24.8 Å². The zero-order valence-corrected chi connectivity index (χ0v) is 16.8. The second kappa shape index (κ2) is 9.12. The van der Waals surface area contributed by atoms with Crippen LogP contribution in [0.2, 0.25) is 0 Å². The zero-order chi connectivity index (χ0) is 20.0. The Morgan fingerprint density at radius 2 is 1.85 bits per heavy atom. The van der Waals surface area contributed by atoms with E-state index in [-0.39, 0.29) is 4.90 Å². The van der Waals surface area contributed by atoms with Gasteiger partial charge in [0.15, 0.2) is 6.61 Å². The summed E-state index contributed by atoms with van der Waals surface area (Å²) < 4.78 is 27.5. The third-order valence-corrected chi connectivity index (χ3v) is 5.90. The number of carbonyl (C=O) groups excluding carboxylic acids is 2. The third-order valence-electron chi connectivity index (χ3n) is 3.76. The van der Waals surface area contributed by atoms with Gasteiger partial charge in [-0.15, -0.1) is 11.3 Å². The van der Waals surface area contributed by atoms with Crippen LogP contribution in [0.5, 0.6) is 0 Å². The summed E-state index contributed by atoms with van der Waals surface area (Å²) >= 11 is 1.40. The van der Waals surface area contributed by atoms with Crippen molar-refractivity contribution in [3.63, 3.8) is 0 Å². The number of thiophene rings is 1. The molecule has 1 amide bonds. The smallest absolute Gasteiger partial charge is 0.348 e. The van der Waals surface area contributed by atoms with Crippen molar-refractivity contribution < 1.29 is 22.7 Å². The van der Waals surface area contributed by atoms with E-state index in [4.69, 9.17) is 9.88 Å². The number of anilines is 1. The SMILES string of the molecule is CCCc1sc(C(=O)OCC(=O)Nc2ccc(S(N)(=O)=O)cc2)cc1CC. The lowest BCUT2D eigenvalue weighted by molar-refractivity contribution is -0.119. The minimum absolute atomic E-state index is 0.0563. The molecule has 0 radical (unpaired) electrons. The van der Waals surface area contributed by atoms with Gasteiger partial charge in [-0.3, -0.25) is 4.79 Å². The molecule has 0 unspecified atom stereocenters. The van der Waals surface area contributed by atoms with Gasteiger partial charge in [-0.1, -0.05) is 20.3 Å². The molecule has 0 spiro atoms. The molecule has 0 fully saturated rings. The Hall–Kier alpha value is -2.23. The lowest BCUT2D eigenvalue weighted by Crippen LogP contribution is -2.20. The van der Waals surface area contributed by atoms with Gasteiger partial charge < -0.3 is 10.1 Å². The van der Waals surface area contributed by atoms with Gasteiger partial charge in [0.25, 0.3) is 5.91 Å². The van der Waals surface area contributed by atoms with Gasteiger partial charge in [0, 0.05) is 10.6 Å². The maximum Gasteiger partial charge on any atom is 0.348 e. The first-order chi connectivity index (χ1) is 12.7. The van der Waals surface area contributed by atoms with Crippen LogP contribution in [0.25, 0.3) is 0 Å². The molecule has 0 saturated heterocycles. The standard InChI is InChI=1S/C18H22N2O5S2/c1-3-5-15-12(4-2)10-16(26-15)18(22)25-11-17(21)20-13-6-8-14(9-7-13)27(19,23)24/h6-10H,3-5,11H2,1-2H3,(H,20,21)(H2,19,23,24). The molecule has 0 atom stereocenters. The Morgan fingerprint density at radius 1 is 1.19 bits per heavy atom. The van der Waals surface area contributed by atoms with Crippen molar-refractivity contribution in [1.82, 2.24) is 0 Å². The fourth-order valence-electron chi connectivity index (χ4n) is 2.43. The Balaban J connectivity index is 1.92. The summed E-state index contributed by atoms with van der Waals surface area (Å²) in [5, 5.41) is 7.54. The molecule has 27 heavy (non-hydrogen) atoms. The summed E-state index contributed by atoms with van der Waals surface area (Å²) in [5.41, 5.74) is 1.51. The van der Waals surface area contributed by atoms with Crippen molar-refractivity contribution in [3.05, 3.63) is 45.6 Å². The van der Waals surface area contributed by atoms with E-state index >= 15 is 0 Å². The molecule has 0 saturated carbocycles. The van der Waals surface area contributed by atoms with Crippen molar-refractivity contribution in [2.75, 3.05) is 11.9 Å². The summed E-state index contributed by atoms with van der Waals surface area (Å²) in [7, 11) is -3.79. The monoisotopic (exact) mass is 410 g/mol. The number of rotatable bonds is 8. The van der Waals surface area contributed by atoms with E-state index in [2.05, 4.69) is 12.2 Å². The van der Waals surface area contributed by atoms with Gasteiger partial charge in [0.1, 0.15) is 4.88 Å². The van der Waals surface area contributed by atoms with Crippen LogP contribution in [-0.2, 0) is 32.4 Å². The molecule has 2 aromatic rings. The van der Waals surface area contributed by atoms with E-state index in [1.807, 2.05) is 13.0 Å². The topological polar surface area (TPSA) is 116 Å². The molecule has 146 valence electrons. The summed E-state index contributed by atoms with van der Waals surface area (Å²) in [6, 6.07) is 7.20. The predicted octanol–water partition coefficient (Wildman–Crippen LogP) is 2.71. The summed E-state index contributed by atoms with van der Waals surface area (Å²) in [6.45, 7) is 3.68. The minimum Gasteiger partial charge on any atom is -0.451 e. The van der Waals surface area contributed by atoms with E-state index < -0.39 is 28.5 Å². The van der Waals surface area contributed by atoms with E-state index in [1.165, 1.54) is 40.5 Å². The molecule has 1 heterocycles. The van der Waals surface area contributed by atoms with Gasteiger partial charge in [-0.25, -0.2) is 18.4 Å². The molecule has 0 aliphatic heterocycles. The second-order valence-corrected chi connectivity index (χ2v) is 8.55. The number of hydrogen-bond donors (Lipinski definition) is 2. The Morgan fingerprint density at radius 3 is 2.41 bits per heavy atom. The molecule has 1 aromatic carbocycles. The molecule has 7 nitrogen and oxygen atoms in total. The first kappa shape index (κ1) is 21.1. The fraction of sp³-hybridized carbons (Fsp3) is 0.333. The van der Waals surface area contributed by atoms with Gasteiger partial charge >= 0.3 is 5.97 Å². The largest absolute Gasteiger partial charge is 0.451 e. The molecule has 2 rings (SSSR count). The average molecular weight is 411 g/mol. The minimum atomic E-state index is -3.79. The molecule has 3 N–H and O–H groups in total. The van der Waals surface area contributed by atoms with Crippen LogP contribution in [0.15, 0.2) is 35.2 Å². The number of amides is 1. The van der Waals surface area contributed by atoms with Crippen molar-refractivity contribution in [3.8, 4) is 0 Å². The lowest BCUT2D eigenvalue weighted by Gasteiger charge is -2.06. The summed E-state index contributed by atoms with van der Waals surface area (Å²) in [5.74, 6) is -1.05. The molecule has 0 aliphatic carbocycles. The van der Waals surface area contributed by atoms with Crippen LogP contribution < -0.4 is 10.5 Å². The number of ether oxygens (including phenoxy) is 1. The van der Waals surface area contributed by atoms with Crippen LogP contribution in [0, 0.1) is 0 Å². The quantitative estimate of drug-likeness (QED) is 0.649. The molecule has 9 heteroatoms. The number of nitrogens with one attached hydrogen (secondary N) is 1. The van der Waals surface area contributed by atoms with Crippen molar-refractivity contribution >= 4 is 38.9 Å². The number of benzene rings is 1. The van der Waals surface area contributed by atoms with Gasteiger partial charge in [0.05, 0.1) is 4.90 Å². The predicted molar refractivity (Wildman–Crippen MR) is 104 cm³/mol. The number of aryl methyl sites for hydroxylation is 2. The highest BCUT2D eigenvalue weighted by atomic mass is 32.2. The van der Waals surface area contributed by atoms with E-state index in [0.29, 0.717) is 10.6 Å². The number of hydrogen-bond acceptors (Lipinski definition) is 6. The number of sulfonamides is 1. The van der Waals surface area contributed by atoms with Gasteiger partial charge in [-0.2, -0.15) is 0 Å². The van der Waals surface area contributed by atoms with Crippen LogP contribution >= 0.6 is 11.3 Å². The van der Waals surface area contributed by atoms with Crippen LogP contribution in [0.3, 0.4) is 0 Å². The number of primary sulfonamides is 1. The maximum atomic E-state index is 12.2. The second-order valence-electron chi connectivity index (χ2n) is 5.86. The average Bonchev–Trinajstić information content (AvgIpc) is 3.03. The number of carbonyl (C=O) groups is 2. The van der Waals surface area contributed by atoms with Gasteiger partial charge in [-0.05, 0) is 48.7 Å². The highest BCUT2D eigenvalue weighted by molar-refractivity contribution is 7.89. The van der Waals surface area contributed by atoms with Crippen molar-refractivity contribution in [2.45, 2.75) is 38.0 Å². The molecular weight excluding hydrogens is 388 g/mol. The third kappa shape index (κ3) is 5.88. The van der Waals surface area contributed by atoms with E-state index in [1.54, 1.807) is 0 Å². The number of nitrogens with two attached hydrogens (primary N) is 1. The van der Waals surface area contributed by atoms with Gasteiger partial charge in [0.2, 0.25) is 10.0 Å². The van der Waals surface area contributed by atoms with Crippen molar-refractivity contribution in [1.29, 1.82) is 0 Å². The van der Waals surface area contributed by atoms with Crippen LogP contribution in [0.4, 0.5) is 5.69 Å². The fourth-order valence-corrected chi connectivity index (χ4v) is 4.20. The van der Waals surface area contributed by atoms with Crippen LogP contribution in [-0.4, -0.2) is 26.9 Å². The first-order valence-corrected chi connectivity index (χ1v) is 10.8. The molecule has 1 aromatic heterocycles. The highest BCUT2D eigenvalue weighted by Crippen LogP contribution is 2.25. The molecule has 0 bridgehead atoms. The first-order valence-electron chi connectivity index (χ1n) is 8.46. The van der Waals surface area contributed by atoms with Crippen LogP contribution in [0.1, 0.15) is 40.4 Å². The maximum absolute atomic E-state index is 12.2. The van der Waals surface area contributed by atoms with E-state index in [9.17, 15) is 18.0 Å². The molecule has 0 aliphatic rings. The normalized spacial score (nSPS) is 11.2. The molecular formula is C18H22N2O5S2. The number of esters is 1. The zero-order valence-electron chi connectivity index (χ0n) is 15.2. The lowest BCUT2D eigenvalue weighted by atomic mass is 10.1. The Kier molecular flexibility index (Phi) is 7.11.